The summed E-state index contributed by atoms with van der Waals surface area (Å²) in [5.41, 5.74) is 0.796. The number of aromatic nitrogens is 4. The van der Waals surface area contributed by atoms with Gasteiger partial charge in [0.15, 0.2) is 5.82 Å². The topological polar surface area (TPSA) is 79.7 Å². The lowest BCUT2D eigenvalue weighted by atomic mass is 10.1. The van der Waals surface area contributed by atoms with Crippen LogP contribution in [0.4, 0.5) is 17.7 Å². The molecule has 0 N–H and O–H groups in total. The molecular weight excluding hydrogens is 382 g/mol. The Labute approximate surface area is 177 Å². The van der Waals surface area contributed by atoms with Crippen molar-refractivity contribution in [2.75, 3.05) is 80.4 Å². The number of morpholine rings is 2. The summed E-state index contributed by atoms with van der Waals surface area (Å²) in [7, 11) is 0. The number of hydrogen-bond donors (Lipinski definition) is 0. The summed E-state index contributed by atoms with van der Waals surface area (Å²) < 4.78 is 11.0. The van der Waals surface area contributed by atoms with Crippen molar-refractivity contribution in [2.45, 2.75) is 19.3 Å². The Hall–Kier alpha value is -2.52. The molecular formula is C21H29N7O2. The Kier molecular flexibility index (Phi) is 5.89. The zero-order valence-corrected chi connectivity index (χ0v) is 17.4. The Bertz CT molecular complexity index is 811. The normalized spacial score (nSPS) is 20.5. The third-order valence-corrected chi connectivity index (χ3v) is 5.84. The van der Waals surface area contributed by atoms with Gasteiger partial charge in [0.2, 0.25) is 11.9 Å². The summed E-state index contributed by atoms with van der Waals surface area (Å²) in [6.07, 6.45) is 3.75. The van der Waals surface area contributed by atoms with E-state index in [1.165, 1.54) is 19.3 Å². The standard InChI is InChI=1S/C21H29N7O2/c1-2-7-26(8-3-1)18-6-4-5-17(22-18)19-23-20(27-9-13-29-14-10-27)25-21(24-19)28-11-15-30-16-12-28/h4-6H,1-3,7-16H2. The van der Waals surface area contributed by atoms with Crippen LogP contribution in [0.5, 0.6) is 0 Å². The van der Waals surface area contributed by atoms with Gasteiger partial charge < -0.3 is 24.2 Å². The first-order valence-corrected chi connectivity index (χ1v) is 11.0. The third kappa shape index (κ3) is 4.32. The van der Waals surface area contributed by atoms with E-state index >= 15 is 0 Å². The highest BCUT2D eigenvalue weighted by molar-refractivity contribution is 5.58. The molecule has 160 valence electrons. The fourth-order valence-corrected chi connectivity index (χ4v) is 4.12. The highest BCUT2D eigenvalue weighted by Gasteiger charge is 2.22. The van der Waals surface area contributed by atoms with E-state index in [0.717, 1.165) is 50.8 Å². The van der Waals surface area contributed by atoms with Crippen LogP contribution in [0.25, 0.3) is 11.5 Å². The van der Waals surface area contributed by atoms with Gasteiger partial charge in [0.05, 0.1) is 26.4 Å². The molecule has 3 aliphatic heterocycles. The van der Waals surface area contributed by atoms with Gasteiger partial charge in [0.25, 0.3) is 0 Å². The molecule has 0 spiro atoms. The molecule has 0 saturated carbocycles. The van der Waals surface area contributed by atoms with Crippen LogP contribution in [0.1, 0.15) is 19.3 Å². The summed E-state index contributed by atoms with van der Waals surface area (Å²) >= 11 is 0. The van der Waals surface area contributed by atoms with E-state index < -0.39 is 0 Å². The molecule has 0 bridgehead atoms. The maximum absolute atomic E-state index is 5.51. The molecule has 3 saturated heterocycles. The molecule has 3 fully saturated rings. The van der Waals surface area contributed by atoms with Crippen LogP contribution in [-0.4, -0.2) is 85.6 Å². The highest BCUT2D eigenvalue weighted by Crippen LogP contribution is 2.24. The summed E-state index contributed by atoms with van der Waals surface area (Å²) in [5.74, 6) is 3.05. The van der Waals surface area contributed by atoms with Gasteiger partial charge in [0.1, 0.15) is 11.5 Å². The van der Waals surface area contributed by atoms with Crippen molar-refractivity contribution in [3.63, 3.8) is 0 Å². The minimum atomic E-state index is 0.631. The second-order valence-corrected chi connectivity index (χ2v) is 7.89. The van der Waals surface area contributed by atoms with Gasteiger partial charge >= 0.3 is 0 Å². The molecule has 0 aromatic carbocycles. The summed E-state index contributed by atoms with van der Waals surface area (Å²) in [6, 6.07) is 6.13. The predicted molar refractivity (Wildman–Crippen MR) is 115 cm³/mol. The maximum Gasteiger partial charge on any atom is 0.230 e. The number of ether oxygens (including phenoxy) is 2. The zero-order chi connectivity index (χ0) is 20.2. The molecule has 0 radical (unpaired) electrons. The average Bonchev–Trinajstić information content (AvgIpc) is 2.85. The Morgan fingerprint density at radius 2 is 1.20 bits per heavy atom. The van der Waals surface area contributed by atoms with Crippen LogP contribution >= 0.6 is 0 Å². The molecule has 9 heteroatoms. The van der Waals surface area contributed by atoms with Crippen molar-refractivity contribution < 1.29 is 9.47 Å². The van der Waals surface area contributed by atoms with Gasteiger partial charge in [-0.1, -0.05) is 6.07 Å². The number of rotatable bonds is 4. The predicted octanol–water partition coefficient (Wildman–Crippen LogP) is 1.60. The number of piperidine rings is 1. The largest absolute Gasteiger partial charge is 0.378 e. The van der Waals surface area contributed by atoms with Crippen molar-refractivity contribution in [2.24, 2.45) is 0 Å². The zero-order valence-electron chi connectivity index (χ0n) is 17.4. The van der Waals surface area contributed by atoms with Crippen LogP contribution < -0.4 is 14.7 Å². The van der Waals surface area contributed by atoms with Crippen molar-refractivity contribution in [1.82, 2.24) is 19.9 Å². The molecule has 0 amide bonds. The van der Waals surface area contributed by atoms with E-state index in [0.29, 0.717) is 44.1 Å². The minimum Gasteiger partial charge on any atom is -0.378 e. The number of hydrogen-bond acceptors (Lipinski definition) is 9. The van der Waals surface area contributed by atoms with Gasteiger partial charge in [-0.25, -0.2) is 4.98 Å². The second-order valence-electron chi connectivity index (χ2n) is 7.89. The molecule has 0 unspecified atom stereocenters. The fraction of sp³-hybridized carbons (Fsp3) is 0.619. The van der Waals surface area contributed by atoms with Gasteiger partial charge in [0, 0.05) is 39.3 Å². The molecule has 0 atom stereocenters. The average molecular weight is 412 g/mol. The van der Waals surface area contributed by atoms with Crippen LogP contribution in [0, 0.1) is 0 Å². The quantitative estimate of drug-likeness (QED) is 0.745. The Balaban J connectivity index is 1.49. The SMILES string of the molecule is c1cc(-c2nc(N3CCOCC3)nc(N3CCOCC3)n2)nc(N2CCCCC2)c1. The lowest BCUT2D eigenvalue weighted by Gasteiger charge is -2.30. The smallest absolute Gasteiger partial charge is 0.230 e. The molecule has 3 aliphatic rings. The number of anilines is 3. The summed E-state index contributed by atoms with van der Waals surface area (Å²) in [5, 5.41) is 0. The molecule has 5 rings (SSSR count). The van der Waals surface area contributed by atoms with Gasteiger partial charge in [-0.2, -0.15) is 15.0 Å². The maximum atomic E-state index is 5.51. The monoisotopic (exact) mass is 411 g/mol. The number of nitrogens with zero attached hydrogens (tertiary/aromatic N) is 7. The van der Waals surface area contributed by atoms with E-state index in [9.17, 15) is 0 Å². The van der Waals surface area contributed by atoms with Crippen LogP contribution in [0.3, 0.4) is 0 Å². The molecule has 5 heterocycles. The van der Waals surface area contributed by atoms with E-state index in [1.54, 1.807) is 0 Å². The van der Waals surface area contributed by atoms with Crippen molar-refractivity contribution >= 4 is 17.7 Å². The van der Waals surface area contributed by atoms with E-state index in [-0.39, 0.29) is 0 Å². The first kappa shape index (κ1) is 19.4. The summed E-state index contributed by atoms with van der Waals surface area (Å²) in [4.78, 5) is 26.1. The minimum absolute atomic E-state index is 0.631. The van der Waals surface area contributed by atoms with E-state index in [2.05, 4.69) is 26.8 Å². The lowest BCUT2D eigenvalue weighted by molar-refractivity contribution is 0.121. The van der Waals surface area contributed by atoms with E-state index in [1.807, 2.05) is 6.07 Å². The number of pyridine rings is 1. The molecule has 9 nitrogen and oxygen atoms in total. The van der Waals surface area contributed by atoms with Crippen molar-refractivity contribution in [3.8, 4) is 11.5 Å². The molecule has 2 aromatic rings. The van der Waals surface area contributed by atoms with E-state index in [4.69, 9.17) is 29.4 Å². The third-order valence-electron chi connectivity index (χ3n) is 5.84. The fourth-order valence-electron chi connectivity index (χ4n) is 4.12. The molecule has 2 aromatic heterocycles. The van der Waals surface area contributed by atoms with Gasteiger partial charge in [-0.05, 0) is 31.4 Å². The first-order valence-electron chi connectivity index (χ1n) is 11.0. The van der Waals surface area contributed by atoms with Crippen molar-refractivity contribution in [3.05, 3.63) is 18.2 Å². The van der Waals surface area contributed by atoms with Crippen LogP contribution in [0.15, 0.2) is 18.2 Å². The van der Waals surface area contributed by atoms with Gasteiger partial charge in [-0.15, -0.1) is 0 Å². The Morgan fingerprint density at radius 1 is 0.600 bits per heavy atom. The van der Waals surface area contributed by atoms with Crippen molar-refractivity contribution in [1.29, 1.82) is 0 Å². The first-order chi connectivity index (χ1) is 14.9. The van der Waals surface area contributed by atoms with Crippen LogP contribution in [-0.2, 0) is 9.47 Å². The Morgan fingerprint density at radius 3 is 1.80 bits per heavy atom. The van der Waals surface area contributed by atoms with Gasteiger partial charge in [-0.3, -0.25) is 0 Å². The van der Waals surface area contributed by atoms with Crippen LogP contribution in [0.2, 0.25) is 0 Å². The lowest BCUT2D eigenvalue weighted by Crippen LogP contribution is -2.40. The highest BCUT2D eigenvalue weighted by atomic mass is 16.5. The summed E-state index contributed by atoms with van der Waals surface area (Å²) in [6.45, 7) is 8.03. The second kappa shape index (κ2) is 9.09. The molecule has 30 heavy (non-hydrogen) atoms. The molecule has 0 aliphatic carbocycles.